The number of unbranched alkanes of at least 4 members (excludes halogenated alkanes) is 22. The van der Waals surface area contributed by atoms with Crippen molar-refractivity contribution < 1.29 is 57.0 Å². The summed E-state index contributed by atoms with van der Waals surface area (Å²) in [6.07, 6.45) is 31.1. The fourth-order valence-electron chi connectivity index (χ4n) is 7.25. The molecule has 0 aromatic carbocycles. The molecule has 7 N–H and O–H groups in total. The van der Waals surface area contributed by atoms with Gasteiger partial charge in [0.25, 0.3) is 0 Å². The first-order valence-electron chi connectivity index (χ1n) is 23.5. The Balaban J connectivity index is 2.48. The second kappa shape index (κ2) is 36.7. The number of allylic oxidation sites excluding steroid dienone is 5. The minimum absolute atomic E-state index is 0.230. The van der Waals surface area contributed by atoms with Crippen molar-refractivity contribution in [2.45, 2.75) is 236 Å². The molecular weight excluding hydrogens is 791 g/mol. The van der Waals surface area contributed by atoms with Crippen LogP contribution in [0.15, 0.2) is 36.5 Å². The molecule has 0 radical (unpaired) electrons. The molecule has 0 spiro atoms. The first kappa shape index (κ1) is 56.3. The van der Waals surface area contributed by atoms with E-state index in [1.54, 1.807) is 6.08 Å². The van der Waals surface area contributed by atoms with Gasteiger partial charge in [0.05, 0.1) is 25.4 Å². The lowest BCUT2D eigenvalue weighted by molar-refractivity contribution is -0.298. The standard InChI is InChI=1S/C46H85NO12S/c1-3-5-7-9-11-13-14-15-16-17-18-19-20-21-22-23-24-25-27-29-31-33-35-40(50)45(53)47-38(39(49)34-32-30-28-26-12-10-8-6-4-2)37-57-46-43(52)44(59-60(54,55)56)42(51)41(36-48)58-46/h18-19,21-22,32,34,38-44,46,48-52H,3-17,20,23-31,33,35-37H2,1-2H3,(H,47,53)(H,54,55,56)/b19-18-,22-21-,34-32+. The van der Waals surface area contributed by atoms with Gasteiger partial charge in [0.2, 0.25) is 5.91 Å². The topological polar surface area (TPSA) is 212 Å². The highest BCUT2D eigenvalue weighted by Crippen LogP contribution is 2.26. The molecule has 1 fully saturated rings. The number of hydrogen-bond donors (Lipinski definition) is 7. The van der Waals surface area contributed by atoms with Crippen molar-refractivity contribution in [3.8, 4) is 0 Å². The summed E-state index contributed by atoms with van der Waals surface area (Å²) in [6, 6.07) is -1.12. The van der Waals surface area contributed by atoms with E-state index < -0.39 is 78.5 Å². The average Bonchev–Trinajstić information content (AvgIpc) is 3.22. The molecule has 8 unspecified atom stereocenters. The third kappa shape index (κ3) is 28.8. The van der Waals surface area contributed by atoms with Crippen LogP contribution in [0.1, 0.15) is 187 Å². The second-order valence-corrected chi connectivity index (χ2v) is 17.5. The fourth-order valence-corrected chi connectivity index (χ4v) is 7.76. The predicted octanol–water partition coefficient (Wildman–Crippen LogP) is 8.08. The van der Waals surface area contributed by atoms with Gasteiger partial charge in [-0.25, -0.2) is 4.18 Å². The maximum Gasteiger partial charge on any atom is 0.397 e. The Morgan fingerprint density at radius 2 is 1.15 bits per heavy atom. The largest absolute Gasteiger partial charge is 0.397 e. The van der Waals surface area contributed by atoms with Gasteiger partial charge >= 0.3 is 10.4 Å². The molecule has 1 amide bonds. The number of rotatable bonds is 39. The zero-order valence-electron chi connectivity index (χ0n) is 37.1. The molecule has 0 aromatic rings. The zero-order chi connectivity index (χ0) is 44.3. The molecule has 1 aliphatic rings. The number of carbonyl (C=O) groups is 1. The predicted molar refractivity (Wildman–Crippen MR) is 238 cm³/mol. The van der Waals surface area contributed by atoms with Crippen LogP contribution in [0.4, 0.5) is 0 Å². The van der Waals surface area contributed by atoms with Crippen LogP contribution >= 0.6 is 0 Å². The first-order chi connectivity index (χ1) is 28.9. The molecule has 0 aromatic heterocycles. The lowest BCUT2D eigenvalue weighted by Crippen LogP contribution is -2.61. The molecule has 1 aliphatic heterocycles. The van der Waals surface area contributed by atoms with Gasteiger partial charge in [-0.3, -0.25) is 9.35 Å². The maximum absolute atomic E-state index is 13.1. The molecule has 0 saturated carbocycles. The smallest absolute Gasteiger partial charge is 0.394 e. The van der Waals surface area contributed by atoms with Gasteiger partial charge in [-0.1, -0.05) is 172 Å². The number of nitrogens with one attached hydrogen (secondary N) is 1. The quantitative estimate of drug-likeness (QED) is 0.0178. The van der Waals surface area contributed by atoms with Crippen LogP contribution in [-0.2, 0) is 28.9 Å². The molecule has 14 heteroatoms. The maximum atomic E-state index is 13.1. The molecule has 8 atom stereocenters. The highest BCUT2D eigenvalue weighted by atomic mass is 32.3. The summed E-state index contributed by atoms with van der Waals surface area (Å²) in [7, 11) is -5.12. The third-order valence-electron chi connectivity index (χ3n) is 11.0. The minimum Gasteiger partial charge on any atom is -0.394 e. The summed E-state index contributed by atoms with van der Waals surface area (Å²) >= 11 is 0. The van der Waals surface area contributed by atoms with Gasteiger partial charge in [-0.05, 0) is 51.4 Å². The Hall–Kier alpha value is -1.72. The van der Waals surface area contributed by atoms with E-state index in [2.05, 4.69) is 47.7 Å². The van der Waals surface area contributed by atoms with Crippen molar-refractivity contribution in [2.75, 3.05) is 13.2 Å². The zero-order valence-corrected chi connectivity index (χ0v) is 37.9. The molecule has 13 nitrogen and oxygen atoms in total. The van der Waals surface area contributed by atoms with Crippen molar-refractivity contribution in [3.05, 3.63) is 36.5 Å². The van der Waals surface area contributed by atoms with E-state index in [0.717, 1.165) is 64.2 Å². The molecule has 1 rings (SSSR count). The highest BCUT2D eigenvalue weighted by Gasteiger charge is 2.48. The van der Waals surface area contributed by atoms with E-state index >= 15 is 0 Å². The van der Waals surface area contributed by atoms with Crippen LogP contribution in [0.2, 0.25) is 0 Å². The Morgan fingerprint density at radius 3 is 1.63 bits per heavy atom. The summed E-state index contributed by atoms with van der Waals surface area (Å²) in [4.78, 5) is 13.1. The summed E-state index contributed by atoms with van der Waals surface area (Å²) in [5.74, 6) is -0.713. The van der Waals surface area contributed by atoms with E-state index in [4.69, 9.17) is 14.0 Å². The Bertz CT molecular complexity index is 1230. The van der Waals surface area contributed by atoms with E-state index in [0.29, 0.717) is 12.8 Å². The van der Waals surface area contributed by atoms with Crippen LogP contribution in [0.25, 0.3) is 0 Å². The van der Waals surface area contributed by atoms with Crippen molar-refractivity contribution in [2.24, 2.45) is 0 Å². The van der Waals surface area contributed by atoms with Crippen molar-refractivity contribution in [3.63, 3.8) is 0 Å². The summed E-state index contributed by atoms with van der Waals surface area (Å²) in [5.41, 5.74) is 0. The molecule has 1 saturated heterocycles. The van der Waals surface area contributed by atoms with Gasteiger partial charge in [-0.15, -0.1) is 0 Å². The Morgan fingerprint density at radius 1 is 0.683 bits per heavy atom. The summed E-state index contributed by atoms with van der Waals surface area (Å²) in [5, 5.41) is 55.0. The summed E-state index contributed by atoms with van der Waals surface area (Å²) in [6.45, 7) is 3.16. The molecule has 1 heterocycles. The first-order valence-corrected chi connectivity index (χ1v) is 24.8. The molecular formula is C46H85NO12S. The summed E-state index contributed by atoms with van der Waals surface area (Å²) < 4.78 is 47.4. The van der Waals surface area contributed by atoms with Crippen molar-refractivity contribution >= 4 is 16.3 Å². The lowest BCUT2D eigenvalue weighted by Gasteiger charge is -2.41. The van der Waals surface area contributed by atoms with Crippen LogP contribution in [-0.4, -0.2) is 107 Å². The Labute approximate surface area is 363 Å². The van der Waals surface area contributed by atoms with Gasteiger partial charge in [0.15, 0.2) is 6.29 Å². The highest BCUT2D eigenvalue weighted by molar-refractivity contribution is 7.80. The van der Waals surface area contributed by atoms with Crippen LogP contribution in [0.3, 0.4) is 0 Å². The number of hydrogen-bond acceptors (Lipinski definition) is 11. The molecule has 352 valence electrons. The minimum atomic E-state index is -5.12. The number of aliphatic hydroxyl groups is 5. The van der Waals surface area contributed by atoms with E-state index in [1.165, 1.54) is 96.0 Å². The molecule has 0 aliphatic carbocycles. The Kier molecular flexibility index (Phi) is 34.5. The van der Waals surface area contributed by atoms with E-state index in [1.807, 2.05) is 0 Å². The monoisotopic (exact) mass is 876 g/mol. The normalized spacial score (nSPS) is 21.6. The lowest BCUT2D eigenvalue weighted by atomic mass is 9.99. The number of aliphatic hydroxyl groups excluding tert-OH is 5. The van der Waals surface area contributed by atoms with Crippen molar-refractivity contribution in [1.29, 1.82) is 0 Å². The van der Waals surface area contributed by atoms with Crippen molar-refractivity contribution in [1.82, 2.24) is 5.32 Å². The van der Waals surface area contributed by atoms with Gasteiger partial charge in [0.1, 0.15) is 30.5 Å². The molecule has 0 bridgehead atoms. The number of ether oxygens (including phenoxy) is 2. The van der Waals surface area contributed by atoms with Crippen LogP contribution < -0.4 is 5.32 Å². The fraction of sp³-hybridized carbons (Fsp3) is 0.848. The second-order valence-electron chi connectivity index (χ2n) is 16.5. The van der Waals surface area contributed by atoms with Crippen LogP contribution in [0.5, 0.6) is 0 Å². The van der Waals surface area contributed by atoms with Gasteiger partial charge in [0, 0.05) is 0 Å². The SMILES string of the molecule is CCCCCCCCC/C=C/C(O)C(COC1OC(CO)C(O)C(OS(=O)(=O)O)C1O)NC(=O)C(O)CCCCCCCC/C=C\C/C=C\CCCCCCCCCCC. The van der Waals surface area contributed by atoms with E-state index in [-0.39, 0.29) is 6.42 Å². The van der Waals surface area contributed by atoms with Crippen LogP contribution in [0, 0.1) is 0 Å². The molecule has 60 heavy (non-hydrogen) atoms. The van der Waals surface area contributed by atoms with Gasteiger partial charge < -0.3 is 40.3 Å². The van der Waals surface area contributed by atoms with E-state index in [9.17, 15) is 38.7 Å². The third-order valence-corrected chi connectivity index (χ3v) is 11.5. The van der Waals surface area contributed by atoms with Gasteiger partial charge in [-0.2, -0.15) is 8.42 Å². The average molecular weight is 876 g/mol. The number of carbonyl (C=O) groups excluding carboxylic acids is 1. The number of amides is 1.